The molecule has 15 heavy (non-hydrogen) atoms. The van der Waals surface area contributed by atoms with Crippen molar-refractivity contribution in [1.82, 2.24) is 14.7 Å². The summed E-state index contributed by atoms with van der Waals surface area (Å²) in [4.78, 5) is 23.3. The predicted molar refractivity (Wildman–Crippen MR) is 52.4 cm³/mol. The Hall–Kier alpha value is -1.85. The van der Waals surface area contributed by atoms with E-state index in [1.165, 1.54) is 15.8 Å². The molecular weight excluding hydrogens is 198 g/mol. The first-order chi connectivity index (χ1) is 7.00. The molecule has 1 aromatic heterocycles. The number of rotatable bonds is 4. The lowest BCUT2D eigenvalue weighted by Gasteiger charge is -2.14. The Morgan fingerprint density at radius 3 is 2.73 bits per heavy atom. The van der Waals surface area contributed by atoms with Gasteiger partial charge < -0.3 is 10.0 Å². The number of carbonyl (C=O) groups excluding carboxylic acids is 1. The van der Waals surface area contributed by atoms with Crippen LogP contribution in [0.5, 0.6) is 0 Å². The normalized spacial score (nSPS) is 10.0. The van der Waals surface area contributed by atoms with Gasteiger partial charge in [0.05, 0.1) is 18.2 Å². The molecular formula is C9H13N3O3. The van der Waals surface area contributed by atoms with E-state index in [1.54, 1.807) is 20.3 Å². The molecule has 1 amide bonds. The van der Waals surface area contributed by atoms with Gasteiger partial charge in [-0.2, -0.15) is 5.10 Å². The molecule has 1 heterocycles. The van der Waals surface area contributed by atoms with Gasteiger partial charge in [0.1, 0.15) is 0 Å². The van der Waals surface area contributed by atoms with Gasteiger partial charge in [0.2, 0.25) is 0 Å². The van der Waals surface area contributed by atoms with Crippen molar-refractivity contribution in [2.24, 2.45) is 7.05 Å². The molecule has 0 fully saturated rings. The van der Waals surface area contributed by atoms with Crippen LogP contribution in [0.4, 0.5) is 0 Å². The summed E-state index contributed by atoms with van der Waals surface area (Å²) in [5, 5.41) is 12.3. The Labute approximate surface area is 87.1 Å². The SMILES string of the molecule is CN(CCC(=O)O)C(=O)c1cnn(C)c1. The number of hydrogen-bond acceptors (Lipinski definition) is 3. The third-order valence-electron chi connectivity index (χ3n) is 1.96. The zero-order valence-electron chi connectivity index (χ0n) is 8.67. The Balaban J connectivity index is 2.57. The maximum Gasteiger partial charge on any atom is 0.305 e. The number of carboxylic acids is 1. The van der Waals surface area contributed by atoms with Crippen LogP contribution in [0.15, 0.2) is 12.4 Å². The van der Waals surface area contributed by atoms with Crippen molar-refractivity contribution in [2.45, 2.75) is 6.42 Å². The van der Waals surface area contributed by atoms with Crippen molar-refractivity contribution < 1.29 is 14.7 Å². The fraction of sp³-hybridized carbons (Fsp3) is 0.444. The van der Waals surface area contributed by atoms with Gasteiger partial charge in [-0.3, -0.25) is 14.3 Å². The molecule has 0 aliphatic heterocycles. The van der Waals surface area contributed by atoms with E-state index in [1.807, 2.05) is 0 Å². The standard InChI is InChI=1S/C9H13N3O3/c1-11(4-3-8(13)14)9(15)7-5-10-12(2)6-7/h5-6H,3-4H2,1-2H3,(H,13,14). The molecule has 0 aromatic carbocycles. The number of amides is 1. The maximum atomic E-state index is 11.7. The molecule has 0 saturated carbocycles. The lowest BCUT2D eigenvalue weighted by atomic mass is 10.3. The van der Waals surface area contributed by atoms with Gasteiger partial charge in [-0.25, -0.2) is 0 Å². The van der Waals surface area contributed by atoms with Crippen LogP contribution in [0.3, 0.4) is 0 Å². The van der Waals surface area contributed by atoms with Gasteiger partial charge in [-0.15, -0.1) is 0 Å². The van der Waals surface area contributed by atoms with Gasteiger partial charge in [-0.05, 0) is 0 Å². The van der Waals surface area contributed by atoms with Gasteiger partial charge >= 0.3 is 5.97 Å². The highest BCUT2D eigenvalue weighted by Gasteiger charge is 2.13. The summed E-state index contributed by atoms with van der Waals surface area (Å²) in [6, 6.07) is 0. The summed E-state index contributed by atoms with van der Waals surface area (Å²) in [5.41, 5.74) is 0.463. The fourth-order valence-electron chi connectivity index (χ4n) is 1.12. The number of hydrogen-bond donors (Lipinski definition) is 1. The monoisotopic (exact) mass is 211 g/mol. The highest BCUT2D eigenvalue weighted by atomic mass is 16.4. The zero-order chi connectivity index (χ0) is 11.4. The van der Waals surface area contributed by atoms with Crippen LogP contribution < -0.4 is 0 Å². The van der Waals surface area contributed by atoms with E-state index < -0.39 is 5.97 Å². The summed E-state index contributed by atoms with van der Waals surface area (Å²) in [5.74, 6) is -1.13. The number of aromatic nitrogens is 2. The Bertz CT molecular complexity index is 372. The summed E-state index contributed by atoms with van der Waals surface area (Å²) < 4.78 is 1.53. The van der Waals surface area contributed by atoms with Crippen LogP contribution in [0.2, 0.25) is 0 Å². The predicted octanol–water partition coefficient (Wildman–Crippen LogP) is -0.0332. The minimum Gasteiger partial charge on any atom is -0.481 e. The molecule has 0 aliphatic carbocycles. The van der Waals surface area contributed by atoms with Crippen LogP contribution in [-0.2, 0) is 11.8 Å². The van der Waals surface area contributed by atoms with E-state index in [2.05, 4.69) is 5.10 Å². The smallest absolute Gasteiger partial charge is 0.305 e. The molecule has 0 atom stereocenters. The van der Waals surface area contributed by atoms with Crippen molar-refractivity contribution in [3.63, 3.8) is 0 Å². The number of aliphatic carboxylic acids is 1. The molecule has 0 radical (unpaired) electrons. The van der Waals surface area contributed by atoms with E-state index in [9.17, 15) is 9.59 Å². The molecule has 1 N–H and O–H groups in total. The maximum absolute atomic E-state index is 11.7. The minimum absolute atomic E-state index is 0.0531. The van der Waals surface area contributed by atoms with Crippen LogP contribution in [0, 0.1) is 0 Å². The quantitative estimate of drug-likeness (QED) is 0.758. The van der Waals surface area contributed by atoms with Crippen molar-refractivity contribution in [2.75, 3.05) is 13.6 Å². The molecule has 0 bridgehead atoms. The second kappa shape index (κ2) is 4.59. The summed E-state index contributed by atoms with van der Waals surface area (Å²) in [6.45, 7) is 0.197. The van der Waals surface area contributed by atoms with Gasteiger partial charge in [0.15, 0.2) is 0 Å². The first-order valence-electron chi connectivity index (χ1n) is 4.46. The molecule has 0 aliphatic rings. The number of carbonyl (C=O) groups is 2. The van der Waals surface area contributed by atoms with Crippen LogP contribution >= 0.6 is 0 Å². The number of carboxylic acid groups (broad SMARTS) is 1. The molecule has 6 heteroatoms. The van der Waals surface area contributed by atoms with Crippen molar-refractivity contribution in [3.8, 4) is 0 Å². The summed E-state index contributed by atoms with van der Waals surface area (Å²) in [6.07, 6.45) is 3.00. The van der Waals surface area contributed by atoms with E-state index in [4.69, 9.17) is 5.11 Å². The molecule has 0 spiro atoms. The molecule has 0 unspecified atom stereocenters. The average Bonchev–Trinajstić information content (AvgIpc) is 2.60. The third kappa shape index (κ3) is 3.08. The first-order valence-corrected chi connectivity index (χ1v) is 4.46. The van der Waals surface area contributed by atoms with Crippen LogP contribution in [0.1, 0.15) is 16.8 Å². The van der Waals surface area contributed by atoms with E-state index in [0.29, 0.717) is 5.56 Å². The zero-order valence-corrected chi connectivity index (χ0v) is 8.67. The summed E-state index contributed by atoms with van der Waals surface area (Å²) in [7, 11) is 3.28. The second-order valence-electron chi connectivity index (χ2n) is 3.27. The van der Waals surface area contributed by atoms with Gasteiger partial charge in [0.25, 0.3) is 5.91 Å². The van der Waals surface area contributed by atoms with Gasteiger partial charge in [-0.1, -0.05) is 0 Å². The Morgan fingerprint density at radius 2 is 2.27 bits per heavy atom. The Morgan fingerprint density at radius 1 is 1.60 bits per heavy atom. The highest BCUT2D eigenvalue weighted by molar-refractivity contribution is 5.93. The highest BCUT2D eigenvalue weighted by Crippen LogP contribution is 2.02. The van der Waals surface area contributed by atoms with E-state index in [-0.39, 0.29) is 18.9 Å². The summed E-state index contributed by atoms with van der Waals surface area (Å²) >= 11 is 0. The fourth-order valence-corrected chi connectivity index (χ4v) is 1.12. The topological polar surface area (TPSA) is 75.4 Å². The molecule has 0 saturated heterocycles. The largest absolute Gasteiger partial charge is 0.481 e. The first kappa shape index (κ1) is 11.2. The van der Waals surface area contributed by atoms with Crippen molar-refractivity contribution in [1.29, 1.82) is 0 Å². The lowest BCUT2D eigenvalue weighted by Crippen LogP contribution is -2.28. The molecule has 1 aromatic rings. The van der Waals surface area contributed by atoms with Gasteiger partial charge in [0, 0.05) is 26.8 Å². The third-order valence-corrected chi connectivity index (χ3v) is 1.96. The van der Waals surface area contributed by atoms with Crippen LogP contribution in [-0.4, -0.2) is 45.3 Å². The Kier molecular flexibility index (Phi) is 3.43. The second-order valence-corrected chi connectivity index (χ2v) is 3.27. The molecule has 1 rings (SSSR count). The molecule has 6 nitrogen and oxygen atoms in total. The molecule has 82 valence electrons. The lowest BCUT2D eigenvalue weighted by molar-refractivity contribution is -0.137. The van der Waals surface area contributed by atoms with Crippen molar-refractivity contribution >= 4 is 11.9 Å². The van der Waals surface area contributed by atoms with Crippen LogP contribution in [0.25, 0.3) is 0 Å². The number of aryl methyl sites for hydroxylation is 1. The van der Waals surface area contributed by atoms with E-state index >= 15 is 0 Å². The number of nitrogens with zero attached hydrogens (tertiary/aromatic N) is 3. The average molecular weight is 211 g/mol. The van der Waals surface area contributed by atoms with E-state index in [0.717, 1.165) is 0 Å². The van der Waals surface area contributed by atoms with Crippen molar-refractivity contribution in [3.05, 3.63) is 18.0 Å². The minimum atomic E-state index is -0.916.